The van der Waals surface area contributed by atoms with E-state index >= 15 is 0 Å². The molecule has 1 saturated heterocycles. The highest BCUT2D eigenvalue weighted by molar-refractivity contribution is 8.13. The molecule has 110 valence electrons. The van der Waals surface area contributed by atoms with Crippen LogP contribution in [0.4, 0.5) is 5.69 Å². The monoisotopic (exact) mass is 317 g/mol. The zero-order chi connectivity index (χ0) is 14.9. The fraction of sp³-hybridized carbons (Fsp3) is 0.462. The number of anilines is 1. The lowest BCUT2D eigenvalue weighted by Crippen LogP contribution is -2.23. The van der Waals surface area contributed by atoms with E-state index < -0.39 is 9.05 Å². The van der Waals surface area contributed by atoms with Gasteiger partial charge in [-0.05, 0) is 44.0 Å². The summed E-state index contributed by atoms with van der Waals surface area (Å²) >= 11 is 0. The predicted molar refractivity (Wildman–Crippen MR) is 76.4 cm³/mol. The zero-order valence-corrected chi connectivity index (χ0v) is 12.8. The van der Waals surface area contributed by atoms with Gasteiger partial charge >= 0.3 is 0 Å². The molecule has 1 aliphatic rings. The van der Waals surface area contributed by atoms with Crippen molar-refractivity contribution in [3.8, 4) is 0 Å². The molecule has 1 N–H and O–H groups in total. The second-order valence-corrected chi connectivity index (χ2v) is 7.55. The van der Waals surface area contributed by atoms with Gasteiger partial charge in [0, 0.05) is 16.4 Å². The van der Waals surface area contributed by atoms with Crippen LogP contribution in [0.25, 0.3) is 0 Å². The van der Waals surface area contributed by atoms with E-state index in [0.29, 0.717) is 24.3 Å². The van der Waals surface area contributed by atoms with Gasteiger partial charge in [-0.3, -0.25) is 4.79 Å². The number of hydrogen-bond donors (Lipinski definition) is 1. The largest absolute Gasteiger partial charge is 0.378 e. The minimum absolute atomic E-state index is 0.0208. The molecule has 0 saturated carbocycles. The van der Waals surface area contributed by atoms with Crippen LogP contribution in [0.1, 0.15) is 18.9 Å². The fourth-order valence-electron chi connectivity index (χ4n) is 2.16. The minimum Gasteiger partial charge on any atom is -0.378 e. The lowest BCUT2D eigenvalue weighted by molar-refractivity contribution is -0.119. The number of hydrogen-bond acceptors (Lipinski definition) is 4. The number of benzene rings is 1. The Hall–Kier alpha value is -1.11. The Morgan fingerprint density at radius 3 is 2.65 bits per heavy atom. The SMILES string of the molecule is Cc1cc(S(=O)(=O)Cl)ccc1NC(=O)C1COC(C)C1. The van der Waals surface area contributed by atoms with Crippen molar-refractivity contribution in [3.63, 3.8) is 0 Å². The van der Waals surface area contributed by atoms with Crippen LogP contribution in [0.3, 0.4) is 0 Å². The molecule has 0 aliphatic carbocycles. The van der Waals surface area contributed by atoms with Crippen LogP contribution in [0.15, 0.2) is 23.1 Å². The molecule has 0 bridgehead atoms. The van der Waals surface area contributed by atoms with Gasteiger partial charge in [0.1, 0.15) is 0 Å². The molecule has 7 heteroatoms. The molecule has 1 aliphatic heterocycles. The Labute approximate surface area is 122 Å². The van der Waals surface area contributed by atoms with Crippen LogP contribution < -0.4 is 5.32 Å². The van der Waals surface area contributed by atoms with E-state index in [2.05, 4.69) is 5.32 Å². The summed E-state index contributed by atoms with van der Waals surface area (Å²) < 4.78 is 27.8. The lowest BCUT2D eigenvalue weighted by Gasteiger charge is -2.12. The first kappa shape index (κ1) is 15.3. The molecule has 20 heavy (non-hydrogen) atoms. The zero-order valence-electron chi connectivity index (χ0n) is 11.2. The predicted octanol–water partition coefficient (Wildman–Crippen LogP) is 2.29. The van der Waals surface area contributed by atoms with Gasteiger partial charge in [0.05, 0.1) is 23.5 Å². The van der Waals surface area contributed by atoms with E-state index in [4.69, 9.17) is 15.4 Å². The van der Waals surface area contributed by atoms with Crippen LogP contribution >= 0.6 is 10.7 Å². The van der Waals surface area contributed by atoms with Gasteiger partial charge in [0.25, 0.3) is 9.05 Å². The molecule has 2 rings (SSSR count). The summed E-state index contributed by atoms with van der Waals surface area (Å²) in [7, 11) is 1.52. The van der Waals surface area contributed by atoms with Crippen molar-refractivity contribution in [1.29, 1.82) is 0 Å². The summed E-state index contributed by atoms with van der Waals surface area (Å²) in [5, 5.41) is 2.79. The Morgan fingerprint density at radius 1 is 1.45 bits per heavy atom. The maximum Gasteiger partial charge on any atom is 0.261 e. The second kappa shape index (κ2) is 5.71. The number of rotatable bonds is 3. The molecule has 1 fully saturated rings. The normalized spacial score (nSPS) is 22.8. The van der Waals surface area contributed by atoms with E-state index in [0.717, 1.165) is 0 Å². The Kier molecular flexibility index (Phi) is 4.36. The van der Waals surface area contributed by atoms with Crippen molar-refractivity contribution in [1.82, 2.24) is 0 Å². The average Bonchev–Trinajstić information content (AvgIpc) is 2.77. The lowest BCUT2D eigenvalue weighted by atomic mass is 10.1. The van der Waals surface area contributed by atoms with Crippen molar-refractivity contribution in [3.05, 3.63) is 23.8 Å². The van der Waals surface area contributed by atoms with Crippen molar-refractivity contribution in [2.75, 3.05) is 11.9 Å². The summed E-state index contributed by atoms with van der Waals surface area (Å²) in [6.45, 7) is 4.06. The molecule has 1 aromatic carbocycles. The van der Waals surface area contributed by atoms with Gasteiger partial charge in [0.15, 0.2) is 0 Å². The number of ether oxygens (including phenoxy) is 1. The topological polar surface area (TPSA) is 72.5 Å². The highest BCUT2D eigenvalue weighted by Crippen LogP contribution is 2.25. The van der Waals surface area contributed by atoms with Gasteiger partial charge in [-0.2, -0.15) is 0 Å². The Morgan fingerprint density at radius 2 is 2.15 bits per heavy atom. The number of aryl methyl sites for hydroxylation is 1. The highest BCUT2D eigenvalue weighted by atomic mass is 35.7. The molecular weight excluding hydrogens is 302 g/mol. The van der Waals surface area contributed by atoms with Crippen molar-refractivity contribution < 1.29 is 17.9 Å². The summed E-state index contributed by atoms with van der Waals surface area (Å²) in [5.74, 6) is -0.278. The molecule has 1 aromatic rings. The van der Waals surface area contributed by atoms with Crippen LogP contribution in [0.2, 0.25) is 0 Å². The molecule has 5 nitrogen and oxygen atoms in total. The minimum atomic E-state index is -3.75. The van der Waals surface area contributed by atoms with Gasteiger partial charge < -0.3 is 10.1 Å². The molecule has 0 radical (unpaired) electrons. The van der Waals surface area contributed by atoms with Gasteiger partial charge in [-0.1, -0.05) is 0 Å². The number of amides is 1. The van der Waals surface area contributed by atoms with Gasteiger partial charge in [0.2, 0.25) is 5.91 Å². The van der Waals surface area contributed by atoms with Crippen LogP contribution in [0.5, 0.6) is 0 Å². The van der Waals surface area contributed by atoms with E-state index in [-0.39, 0.29) is 22.8 Å². The van der Waals surface area contributed by atoms with Crippen LogP contribution in [-0.4, -0.2) is 27.0 Å². The fourth-order valence-corrected chi connectivity index (χ4v) is 3.00. The third kappa shape index (κ3) is 3.50. The first-order valence-corrected chi connectivity index (χ1v) is 8.56. The number of carbonyl (C=O) groups excluding carboxylic acids is 1. The van der Waals surface area contributed by atoms with Crippen LogP contribution in [0, 0.1) is 12.8 Å². The van der Waals surface area contributed by atoms with Crippen molar-refractivity contribution in [2.24, 2.45) is 5.92 Å². The highest BCUT2D eigenvalue weighted by Gasteiger charge is 2.28. The smallest absolute Gasteiger partial charge is 0.261 e. The van der Waals surface area contributed by atoms with E-state index in [9.17, 15) is 13.2 Å². The van der Waals surface area contributed by atoms with E-state index in [1.165, 1.54) is 12.1 Å². The Bertz CT molecular complexity index is 629. The summed E-state index contributed by atoms with van der Waals surface area (Å²) in [6, 6.07) is 4.35. The summed E-state index contributed by atoms with van der Waals surface area (Å²) in [4.78, 5) is 12.1. The standard InChI is InChI=1S/C13H16ClNO4S/c1-8-5-11(20(14,17)18)3-4-12(8)15-13(16)10-6-9(2)19-7-10/h3-5,9-10H,6-7H2,1-2H3,(H,15,16). The summed E-state index contributed by atoms with van der Waals surface area (Å²) in [5.41, 5.74) is 1.23. The molecule has 0 aromatic heterocycles. The molecule has 1 heterocycles. The van der Waals surface area contributed by atoms with Gasteiger partial charge in [-0.15, -0.1) is 0 Å². The maximum absolute atomic E-state index is 12.1. The first-order valence-electron chi connectivity index (χ1n) is 6.25. The van der Waals surface area contributed by atoms with E-state index in [1.807, 2.05) is 6.92 Å². The number of carbonyl (C=O) groups is 1. The third-order valence-corrected chi connectivity index (χ3v) is 4.66. The van der Waals surface area contributed by atoms with Crippen molar-refractivity contribution >= 4 is 31.3 Å². The van der Waals surface area contributed by atoms with E-state index in [1.54, 1.807) is 13.0 Å². The van der Waals surface area contributed by atoms with Crippen molar-refractivity contribution in [2.45, 2.75) is 31.3 Å². The molecule has 2 atom stereocenters. The number of nitrogens with one attached hydrogen (secondary N) is 1. The molecular formula is C13H16ClNO4S. The summed E-state index contributed by atoms with van der Waals surface area (Å²) in [6.07, 6.45) is 0.787. The Balaban J connectivity index is 2.12. The number of halogens is 1. The quantitative estimate of drug-likeness (QED) is 0.868. The average molecular weight is 318 g/mol. The van der Waals surface area contributed by atoms with Crippen LogP contribution in [-0.2, 0) is 18.6 Å². The second-order valence-electron chi connectivity index (χ2n) is 4.98. The molecule has 1 amide bonds. The maximum atomic E-state index is 12.1. The molecule has 0 spiro atoms. The third-order valence-electron chi connectivity index (χ3n) is 3.31. The first-order chi connectivity index (χ1) is 9.27. The molecule has 2 unspecified atom stereocenters. The van der Waals surface area contributed by atoms with Gasteiger partial charge in [-0.25, -0.2) is 8.42 Å².